The molecule has 0 amide bonds. The lowest BCUT2D eigenvalue weighted by Crippen LogP contribution is -2.20. The molecule has 6 heteroatoms. The van der Waals surface area contributed by atoms with E-state index in [9.17, 15) is 4.79 Å². The number of anilines is 2. The van der Waals surface area contributed by atoms with E-state index < -0.39 is 0 Å². The van der Waals surface area contributed by atoms with Crippen LogP contribution in [0.4, 0.5) is 17.3 Å². The lowest BCUT2D eigenvalue weighted by molar-refractivity contribution is 0.831. The van der Waals surface area contributed by atoms with Crippen LogP contribution in [-0.4, -0.2) is 15.7 Å². The topological polar surface area (TPSA) is 71.6 Å². The van der Waals surface area contributed by atoms with Crippen molar-refractivity contribution in [3.05, 3.63) is 94.8 Å². The quantitative estimate of drug-likeness (QED) is 0.531. The first-order valence-corrected chi connectivity index (χ1v) is 8.78. The summed E-state index contributed by atoms with van der Waals surface area (Å²) in [6.45, 7) is 1.98. The molecule has 3 aromatic carbocycles. The van der Waals surface area contributed by atoms with Crippen molar-refractivity contribution >= 4 is 34.2 Å². The molecule has 1 N–H and O–H groups in total. The fourth-order valence-electron chi connectivity index (χ4n) is 2.77. The number of aromatic nitrogens is 2. The van der Waals surface area contributed by atoms with E-state index in [-0.39, 0.29) is 5.56 Å². The van der Waals surface area contributed by atoms with E-state index in [0.29, 0.717) is 22.5 Å². The van der Waals surface area contributed by atoms with Gasteiger partial charge in [0.2, 0.25) is 5.95 Å². The molecule has 0 aliphatic carbocycles. The van der Waals surface area contributed by atoms with Crippen LogP contribution in [0.25, 0.3) is 10.9 Å². The molecule has 4 rings (SSSR count). The van der Waals surface area contributed by atoms with E-state index >= 15 is 0 Å². The normalized spacial score (nSPS) is 10.3. The second-order valence-corrected chi connectivity index (χ2v) is 6.21. The number of hydrogen-bond donors (Lipinski definition) is 1. The van der Waals surface area contributed by atoms with Gasteiger partial charge in [0.25, 0.3) is 5.56 Å². The van der Waals surface area contributed by atoms with Gasteiger partial charge >= 0.3 is 0 Å². The summed E-state index contributed by atoms with van der Waals surface area (Å²) in [5.74, 6) is 0.293. The molecule has 0 bridgehead atoms. The maximum Gasteiger partial charge on any atom is 0.284 e. The maximum atomic E-state index is 12.9. The van der Waals surface area contributed by atoms with Crippen molar-refractivity contribution in [1.29, 1.82) is 0 Å². The summed E-state index contributed by atoms with van der Waals surface area (Å²) < 4.78 is 1.18. The van der Waals surface area contributed by atoms with Gasteiger partial charge in [-0.1, -0.05) is 47.6 Å². The molecule has 0 radical (unpaired) electrons. The van der Waals surface area contributed by atoms with Crippen LogP contribution in [0.15, 0.2) is 93.8 Å². The summed E-state index contributed by atoms with van der Waals surface area (Å²) in [4.78, 5) is 21.7. The van der Waals surface area contributed by atoms with E-state index in [4.69, 9.17) is 0 Å². The molecule has 4 aromatic rings. The number of para-hydroxylation sites is 2. The molecule has 28 heavy (non-hydrogen) atoms. The van der Waals surface area contributed by atoms with E-state index in [1.54, 1.807) is 18.2 Å². The highest BCUT2D eigenvalue weighted by Crippen LogP contribution is 2.16. The third-order valence-corrected chi connectivity index (χ3v) is 4.11. The predicted octanol–water partition coefficient (Wildman–Crippen LogP) is 4.72. The average Bonchev–Trinajstić information content (AvgIpc) is 2.71. The Morgan fingerprint density at radius 1 is 0.964 bits per heavy atom. The first kappa shape index (κ1) is 17.4. The molecule has 0 saturated carbocycles. The standard InChI is InChI=1S/C22H17N5O/c1-16-8-7-11-18(14-16)23-15-24-27-21(28)19-12-5-6-13-20(19)26-22(27)25-17-9-3-2-4-10-17/h2-14H,1H3,(H,25,26). The Hall–Kier alpha value is -4.02. The van der Waals surface area contributed by atoms with Gasteiger partial charge in [0.05, 0.1) is 16.6 Å². The minimum atomic E-state index is -0.295. The van der Waals surface area contributed by atoms with Crippen LogP contribution in [0.2, 0.25) is 0 Å². The number of nitrogens with one attached hydrogen (secondary N) is 1. The Labute approximate surface area is 161 Å². The van der Waals surface area contributed by atoms with Gasteiger partial charge in [0, 0.05) is 5.69 Å². The minimum absolute atomic E-state index is 0.293. The van der Waals surface area contributed by atoms with E-state index in [1.807, 2.05) is 67.6 Å². The first-order chi connectivity index (χ1) is 13.7. The zero-order chi connectivity index (χ0) is 19.3. The van der Waals surface area contributed by atoms with Crippen molar-refractivity contribution in [2.75, 3.05) is 5.32 Å². The highest BCUT2D eigenvalue weighted by Gasteiger charge is 2.10. The van der Waals surface area contributed by atoms with Gasteiger partial charge in [0.15, 0.2) is 0 Å². The van der Waals surface area contributed by atoms with Crippen molar-refractivity contribution in [2.24, 2.45) is 10.1 Å². The Morgan fingerprint density at radius 3 is 2.57 bits per heavy atom. The van der Waals surface area contributed by atoms with Gasteiger partial charge in [-0.15, -0.1) is 0 Å². The van der Waals surface area contributed by atoms with Crippen LogP contribution in [-0.2, 0) is 0 Å². The van der Waals surface area contributed by atoms with E-state index in [0.717, 1.165) is 11.3 Å². The monoisotopic (exact) mass is 367 g/mol. The largest absolute Gasteiger partial charge is 0.324 e. The number of fused-ring (bicyclic) bond motifs is 1. The Bertz CT molecular complexity index is 1250. The fourth-order valence-corrected chi connectivity index (χ4v) is 2.77. The molecule has 1 heterocycles. The molecule has 0 atom stereocenters. The van der Waals surface area contributed by atoms with Crippen LogP contribution in [0.5, 0.6) is 0 Å². The highest BCUT2D eigenvalue weighted by atomic mass is 16.1. The summed E-state index contributed by atoms with van der Waals surface area (Å²) in [5.41, 5.74) is 2.88. The summed E-state index contributed by atoms with van der Waals surface area (Å²) in [7, 11) is 0. The van der Waals surface area contributed by atoms with Crippen LogP contribution >= 0.6 is 0 Å². The Balaban J connectivity index is 1.83. The van der Waals surface area contributed by atoms with Crippen molar-refractivity contribution in [2.45, 2.75) is 6.92 Å². The lowest BCUT2D eigenvalue weighted by atomic mass is 10.2. The molecular formula is C22H17N5O. The summed E-state index contributed by atoms with van der Waals surface area (Å²) in [6.07, 6.45) is 0. The first-order valence-electron chi connectivity index (χ1n) is 8.78. The Kier molecular flexibility index (Phi) is 4.78. The van der Waals surface area contributed by atoms with Gasteiger partial charge in [-0.25, -0.2) is 4.98 Å². The summed E-state index contributed by atoms with van der Waals surface area (Å²) in [6, 6.07) is 26.9. The van der Waals surface area contributed by atoms with Crippen LogP contribution in [0.3, 0.4) is 0 Å². The molecule has 0 saturated heterocycles. The predicted molar refractivity (Wildman–Crippen MR) is 112 cm³/mol. The van der Waals surface area contributed by atoms with Crippen LogP contribution < -0.4 is 10.9 Å². The molecule has 136 valence electrons. The third kappa shape index (κ3) is 3.72. The molecule has 6 nitrogen and oxygen atoms in total. The van der Waals surface area contributed by atoms with Gasteiger partial charge in [-0.3, -0.25) is 4.79 Å². The molecule has 1 aromatic heterocycles. The number of nitrogens with zero attached hydrogens (tertiary/aromatic N) is 4. The SMILES string of the molecule is Cc1cccc(N=C=Nn2c(Nc3ccccc3)nc3ccccc3c2=O)c1. The maximum absolute atomic E-state index is 12.9. The number of aryl methyl sites for hydroxylation is 1. The third-order valence-electron chi connectivity index (χ3n) is 4.11. The van der Waals surface area contributed by atoms with Gasteiger partial charge in [0.1, 0.15) is 6.01 Å². The average molecular weight is 367 g/mol. The molecular weight excluding hydrogens is 350 g/mol. The fraction of sp³-hybridized carbons (Fsp3) is 0.0455. The van der Waals surface area contributed by atoms with E-state index in [1.165, 1.54) is 4.68 Å². The van der Waals surface area contributed by atoms with Gasteiger partial charge in [-0.05, 0) is 48.9 Å². The lowest BCUT2D eigenvalue weighted by Gasteiger charge is -2.10. The Morgan fingerprint density at radius 2 is 1.75 bits per heavy atom. The molecule has 0 unspecified atom stereocenters. The van der Waals surface area contributed by atoms with Crippen LogP contribution in [0.1, 0.15) is 5.56 Å². The van der Waals surface area contributed by atoms with Crippen molar-refractivity contribution < 1.29 is 0 Å². The van der Waals surface area contributed by atoms with Crippen molar-refractivity contribution in [1.82, 2.24) is 9.66 Å². The zero-order valence-electron chi connectivity index (χ0n) is 15.2. The molecule has 0 fully saturated rings. The molecule has 0 aliphatic rings. The summed E-state index contributed by atoms with van der Waals surface area (Å²) >= 11 is 0. The molecule has 0 aliphatic heterocycles. The van der Waals surface area contributed by atoms with Crippen molar-refractivity contribution in [3.8, 4) is 0 Å². The number of rotatable bonds is 4. The number of hydrogen-bond acceptors (Lipinski definition) is 5. The van der Waals surface area contributed by atoms with Crippen molar-refractivity contribution in [3.63, 3.8) is 0 Å². The van der Waals surface area contributed by atoms with E-state index in [2.05, 4.69) is 26.4 Å². The van der Waals surface area contributed by atoms with Gasteiger partial charge < -0.3 is 5.32 Å². The highest BCUT2D eigenvalue weighted by molar-refractivity contribution is 5.79. The number of benzene rings is 3. The second-order valence-electron chi connectivity index (χ2n) is 6.21. The molecule has 0 spiro atoms. The van der Waals surface area contributed by atoms with Gasteiger partial charge in [-0.2, -0.15) is 9.67 Å². The number of aliphatic imine (C=N–C) groups is 1. The minimum Gasteiger partial charge on any atom is -0.324 e. The second kappa shape index (κ2) is 7.70. The smallest absolute Gasteiger partial charge is 0.284 e. The zero-order valence-corrected chi connectivity index (χ0v) is 15.2. The summed E-state index contributed by atoms with van der Waals surface area (Å²) in [5, 5.41) is 7.75. The van der Waals surface area contributed by atoms with Crippen LogP contribution in [0, 0.1) is 6.92 Å².